The summed E-state index contributed by atoms with van der Waals surface area (Å²) in [5.41, 5.74) is 2.89. The first-order chi connectivity index (χ1) is 7.58. The molecule has 1 aromatic carbocycles. The fourth-order valence-corrected chi connectivity index (χ4v) is 1.86. The van der Waals surface area contributed by atoms with Crippen LogP contribution in [0.25, 0.3) is 11.0 Å². The van der Waals surface area contributed by atoms with Crippen molar-refractivity contribution in [3.05, 3.63) is 40.4 Å². The van der Waals surface area contributed by atoms with Gasteiger partial charge >= 0.3 is 0 Å². The Kier molecular flexibility index (Phi) is 2.92. The molecule has 0 aliphatic rings. The summed E-state index contributed by atoms with van der Waals surface area (Å²) in [5.74, 6) is -0.243. The van der Waals surface area contributed by atoms with Gasteiger partial charge in [-0.15, -0.1) is 0 Å². The maximum absolute atomic E-state index is 13.1. The van der Waals surface area contributed by atoms with Crippen molar-refractivity contribution >= 4 is 23.3 Å². The number of aromatic nitrogens is 2. The molecule has 0 aliphatic heterocycles. The highest BCUT2D eigenvalue weighted by molar-refractivity contribution is 7.71. The molecular weight excluding hydrogens is 223 g/mol. The van der Waals surface area contributed by atoms with Gasteiger partial charge in [-0.2, -0.15) is 0 Å². The van der Waals surface area contributed by atoms with E-state index in [2.05, 4.69) is 11.1 Å². The Morgan fingerprint density at radius 2 is 2.25 bits per heavy atom. The van der Waals surface area contributed by atoms with Crippen molar-refractivity contribution in [1.82, 2.24) is 9.55 Å². The number of imidazole rings is 1. The van der Waals surface area contributed by atoms with Gasteiger partial charge in [0.1, 0.15) is 5.82 Å². The number of rotatable bonds is 2. The van der Waals surface area contributed by atoms with Crippen LogP contribution in [0.15, 0.2) is 29.8 Å². The van der Waals surface area contributed by atoms with Crippen LogP contribution in [0.3, 0.4) is 0 Å². The highest BCUT2D eigenvalue weighted by Gasteiger charge is 2.03. The summed E-state index contributed by atoms with van der Waals surface area (Å²) < 4.78 is 15.7. The van der Waals surface area contributed by atoms with Gasteiger partial charge in [0.25, 0.3) is 0 Å². The molecule has 0 atom stereocenters. The van der Waals surface area contributed by atoms with Crippen molar-refractivity contribution in [2.75, 3.05) is 0 Å². The lowest BCUT2D eigenvalue weighted by molar-refractivity contribution is 0.628. The molecular formula is C12H13FN2S. The van der Waals surface area contributed by atoms with Crippen molar-refractivity contribution in [3.8, 4) is 0 Å². The summed E-state index contributed by atoms with van der Waals surface area (Å²) in [7, 11) is 0. The first-order valence-electron chi connectivity index (χ1n) is 5.09. The molecule has 1 aromatic heterocycles. The third kappa shape index (κ3) is 2.07. The highest BCUT2D eigenvalue weighted by Crippen LogP contribution is 2.15. The number of allylic oxidation sites excluding steroid dienone is 2. The van der Waals surface area contributed by atoms with Gasteiger partial charge in [0.05, 0.1) is 11.0 Å². The predicted molar refractivity (Wildman–Crippen MR) is 66.5 cm³/mol. The summed E-state index contributed by atoms with van der Waals surface area (Å²) >= 11 is 5.20. The molecule has 0 unspecified atom stereocenters. The molecule has 1 N–H and O–H groups in total. The number of benzene rings is 1. The van der Waals surface area contributed by atoms with Crippen molar-refractivity contribution in [2.45, 2.75) is 20.4 Å². The van der Waals surface area contributed by atoms with E-state index >= 15 is 0 Å². The molecule has 1 heterocycles. The molecule has 0 amide bonds. The lowest BCUT2D eigenvalue weighted by Crippen LogP contribution is -1.95. The van der Waals surface area contributed by atoms with Gasteiger partial charge in [-0.1, -0.05) is 11.6 Å². The Labute approximate surface area is 98.4 Å². The lowest BCUT2D eigenvalue weighted by Gasteiger charge is -2.00. The Morgan fingerprint density at radius 3 is 2.94 bits per heavy atom. The van der Waals surface area contributed by atoms with E-state index in [0.29, 0.717) is 11.3 Å². The smallest absolute Gasteiger partial charge is 0.178 e. The molecule has 0 saturated carbocycles. The number of H-pyrrole nitrogens is 1. The van der Waals surface area contributed by atoms with Gasteiger partial charge in [-0.25, -0.2) is 4.39 Å². The molecule has 0 aliphatic carbocycles. The van der Waals surface area contributed by atoms with E-state index in [1.165, 1.54) is 17.7 Å². The van der Waals surface area contributed by atoms with Gasteiger partial charge < -0.3 is 9.55 Å². The SMILES string of the molecule is CC(C)=CCn1c(=S)[nH]c2ccc(F)cc21. The molecule has 0 radical (unpaired) electrons. The second-order valence-electron chi connectivity index (χ2n) is 3.98. The third-order valence-electron chi connectivity index (χ3n) is 2.42. The normalized spacial score (nSPS) is 10.7. The van der Waals surface area contributed by atoms with Crippen molar-refractivity contribution in [3.63, 3.8) is 0 Å². The second kappa shape index (κ2) is 4.22. The van der Waals surface area contributed by atoms with Crippen LogP contribution in [0.2, 0.25) is 0 Å². The molecule has 16 heavy (non-hydrogen) atoms. The highest BCUT2D eigenvalue weighted by atomic mass is 32.1. The van der Waals surface area contributed by atoms with E-state index in [1.54, 1.807) is 6.07 Å². The fourth-order valence-electron chi connectivity index (χ4n) is 1.58. The number of nitrogens with one attached hydrogen (secondary N) is 1. The molecule has 0 fully saturated rings. The van der Waals surface area contributed by atoms with Crippen molar-refractivity contribution in [1.29, 1.82) is 0 Å². The standard InChI is InChI=1S/C12H13FN2S/c1-8(2)5-6-15-11-7-9(13)3-4-10(11)14-12(15)16/h3-5,7H,6H2,1-2H3,(H,14,16). The maximum atomic E-state index is 13.1. The minimum Gasteiger partial charge on any atom is -0.331 e. The Hall–Kier alpha value is -1.42. The fraction of sp³-hybridized carbons (Fsp3) is 0.250. The Bertz CT molecular complexity index is 603. The summed E-state index contributed by atoms with van der Waals surface area (Å²) in [6.45, 7) is 4.72. The molecule has 2 nitrogen and oxygen atoms in total. The monoisotopic (exact) mass is 236 g/mol. The van der Waals surface area contributed by atoms with E-state index in [4.69, 9.17) is 12.2 Å². The van der Waals surface area contributed by atoms with Crippen LogP contribution < -0.4 is 0 Å². The predicted octanol–water partition coefficient (Wildman–Crippen LogP) is 3.80. The van der Waals surface area contributed by atoms with Crippen molar-refractivity contribution in [2.24, 2.45) is 0 Å². The topological polar surface area (TPSA) is 20.7 Å². The lowest BCUT2D eigenvalue weighted by atomic mass is 10.3. The zero-order chi connectivity index (χ0) is 11.7. The van der Waals surface area contributed by atoms with E-state index in [-0.39, 0.29) is 5.82 Å². The molecule has 2 rings (SSSR count). The van der Waals surface area contributed by atoms with Gasteiger partial charge in [0.15, 0.2) is 4.77 Å². The van der Waals surface area contributed by atoms with Crippen LogP contribution in [0.4, 0.5) is 4.39 Å². The van der Waals surface area contributed by atoms with E-state index in [9.17, 15) is 4.39 Å². The van der Waals surface area contributed by atoms with Gasteiger partial charge in [-0.05, 0) is 44.3 Å². The molecule has 0 spiro atoms. The molecule has 0 saturated heterocycles. The van der Waals surface area contributed by atoms with Crippen LogP contribution in [-0.4, -0.2) is 9.55 Å². The molecule has 0 bridgehead atoms. The largest absolute Gasteiger partial charge is 0.331 e. The number of nitrogens with zero attached hydrogens (tertiary/aromatic N) is 1. The summed E-state index contributed by atoms with van der Waals surface area (Å²) in [6, 6.07) is 4.64. The summed E-state index contributed by atoms with van der Waals surface area (Å²) in [6.07, 6.45) is 2.06. The quantitative estimate of drug-likeness (QED) is 0.621. The summed E-state index contributed by atoms with van der Waals surface area (Å²) in [4.78, 5) is 3.06. The first-order valence-corrected chi connectivity index (χ1v) is 5.50. The average Bonchev–Trinajstić information content (AvgIpc) is 2.51. The molecule has 4 heteroatoms. The molecule has 2 aromatic rings. The number of aromatic amines is 1. The number of hydrogen-bond donors (Lipinski definition) is 1. The second-order valence-corrected chi connectivity index (χ2v) is 4.37. The minimum atomic E-state index is -0.243. The van der Waals surface area contributed by atoms with Gasteiger partial charge in [0, 0.05) is 6.54 Å². The number of fused-ring (bicyclic) bond motifs is 1. The first kappa shape index (κ1) is 11.1. The van der Waals surface area contributed by atoms with Crippen LogP contribution >= 0.6 is 12.2 Å². The van der Waals surface area contributed by atoms with Gasteiger partial charge in [0.2, 0.25) is 0 Å². The van der Waals surface area contributed by atoms with E-state index < -0.39 is 0 Å². The summed E-state index contributed by atoms with van der Waals surface area (Å²) in [5, 5.41) is 0. The minimum absolute atomic E-state index is 0.243. The van der Waals surface area contributed by atoms with Crippen LogP contribution in [0.5, 0.6) is 0 Å². The van der Waals surface area contributed by atoms with Crippen LogP contribution in [0.1, 0.15) is 13.8 Å². The average molecular weight is 236 g/mol. The van der Waals surface area contributed by atoms with Crippen molar-refractivity contribution < 1.29 is 4.39 Å². The number of halogens is 1. The van der Waals surface area contributed by atoms with E-state index in [1.807, 2.05) is 18.4 Å². The van der Waals surface area contributed by atoms with Crippen LogP contribution in [-0.2, 0) is 6.54 Å². The third-order valence-corrected chi connectivity index (χ3v) is 2.74. The zero-order valence-corrected chi connectivity index (χ0v) is 10.1. The molecule has 84 valence electrons. The van der Waals surface area contributed by atoms with Crippen LogP contribution in [0, 0.1) is 10.6 Å². The number of hydrogen-bond acceptors (Lipinski definition) is 1. The maximum Gasteiger partial charge on any atom is 0.178 e. The Morgan fingerprint density at radius 1 is 1.50 bits per heavy atom. The van der Waals surface area contributed by atoms with Gasteiger partial charge in [-0.3, -0.25) is 0 Å². The van der Waals surface area contributed by atoms with E-state index in [0.717, 1.165) is 11.0 Å². The zero-order valence-electron chi connectivity index (χ0n) is 9.25. The Balaban J connectivity index is 2.59.